The van der Waals surface area contributed by atoms with Gasteiger partial charge < -0.3 is 9.84 Å². The molecule has 0 unspecified atom stereocenters. The van der Waals surface area contributed by atoms with Crippen LogP contribution in [0.2, 0.25) is 0 Å². The third-order valence-electron chi connectivity index (χ3n) is 2.69. The molecule has 0 saturated carbocycles. The molecule has 108 valence electrons. The summed E-state index contributed by atoms with van der Waals surface area (Å²) in [6.07, 6.45) is 2.51. The first kappa shape index (κ1) is 15.3. The fourth-order valence-corrected chi connectivity index (χ4v) is 2.08. The average molecular weight is 351 g/mol. The van der Waals surface area contributed by atoms with E-state index in [1.165, 1.54) is 24.3 Å². The van der Waals surface area contributed by atoms with Crippen molar-refractivity contribution < 1.29 is 19.0 Å². The van der Waals surface area contributed by atoms with Gasteiger partial charge in [0.1, 0.15) is 17.3 Å². The standard InChI is InChI=1S/C16H12BrFO3/c1-10-2-6-15(11(8-10)3-7-16(19)20)21-12-4-5-14(18)13(17)9-12/h2-9H,1H3,(H,19,20)/b7-3+. The number of halogens is 2. The van der Waals surface area contributed by atoms with Crippen LogP contribution < -0.4 is 4.74 Å². The van der Waals surface area contributed by atoms with Crippen molar-refractivity contribution in [2.75, 3.05) is 0 Å². The maximum absolute atomic E-state index is 13.2. The van der Waals surface area contributed by atoms with Gasteiger partial charge in [-0.2, -0.15) is 0 Å². The zero-order valence-electron chi connectivity index (χ0n) is 11.1. The maximum atomic E-state index is 13.2. The number of carbonyl (C=O) groups is 1. The summed E-state index contributed by atoms with van der Waals surface area (Å²) in [5, 5.41) is 8.72. The highest BCUT2D eigenvalue weighted by molar-refractivity contribution is 9.10. The summed E-state index contributed by atoms with van der Waals surface area (Å²) in [5.74, 6) is -0.460. The molecule has 21 heavy (non-hydrogen) atoms. The lowest BCUT2D eigenvalue weighted by molar-refractivity contribution is -0.131. The van der Waals surface area contributed by atoms with Crippen molar-refractivity contribution in [3.8, 4) is 11.5 Å². The third-order valence-corrected chi connectivity index (χ3v) is 3.30. The van der Waals surface area contributed by atoms with Gasteiger partial charge in [0.25, 0.3) is 0 Å². The normalized spacial score (nSPS) is 10.8. The monoisotopic (exact) mass is 350 g/mol. The molecule has 5 heteroatoms. The molecule has 2 aromatic rings. The number of benzene rings is 2. The second kappa shape index (κ2) is 6.54. The van der Waals surface area contributed by atoms with E-state index in [0.717, 1.165) is 11.6 Å². The summed E-state index contributed by atoms with van der Waals surface area (Å²) in [6, 6.07) is 9.72. The topological polar surface area (TPSA) is 46.5 Å². The first-order valence-electron chi connectivity index (χ1n) is 6.10. The van der Waals surface area contributed by atoms with Crippen LogP contribution in [-0.4, -0.2) is 11.1 Å². The highest BCUT2D eigenvalue weighted by atomic mass is 79.9. The summed E-state index contributed by atoms with van der Waals surface area (Å²) in [6.45, 7) is 1.90. The van der Waals surface area contributed by atoms with E-state index in [1.54, 1.807) is 6.07 Å². The van der Waals surface area contributed by atoms with Gasteiger partial charge in [0.2, 0.25) is 0 Å². The molecule has 3 nitrogen and oxygen atoms in total. The Labute approximate surface area is 129 Å². The lowest BCUT2D eigenvalue weighted by Gasteiger charge is -2.10. The predicted molar refractivity (Wildman–Crippen MR) is 82.0 cm³/mol. The van der Waals surface area contributed by atoms with Crippen LogP contribution in [0, 0.1) is 12.7 Å². The minimum absolute atomic E-state index is 0.301. The zero-order valence-corrected chi connectivity index (χ0v) is 12.7. The number of aryl methyl sites for hydroxylation is 1. The van der Waals surface area contributed by atoms with Crippen LogP contribution in [-0.2, 0) is 4.79 Å². The molecule has 0 heterocycles. The van der Waals surface area contributed by atoms with Crippen molar-refractivity contribution in [1.29, 1.82) is 0 Å². The quantitative estimate of drug-likeness (QED) is 0.806. The molecule has 0 amide bonds. The SMILES string of the molecule is Cc1ccc(Oc2ccc(F)c(Br)c2)c(/C=C/C(=O)O)c1. The van der Waals surface area contributed by atoms with Gasteiger partial charge >= 0.3 is 5.97 Å². The molecule has 1 N–H and O–H groups in total. The Hall–Kier alpha value is -2.14. The van der Waals surface area contributed by atoms with Gasteiger partial charge in [0.05, 0.1) is 4.47 Å². The van der Waals surface area contributed by atoms with E-state index in [1.807, 2.05) is 19.1 Å². The molecule has 0 aliphatic heterocycles. The van der Waals surface area contributed by atoms with Crippen LogP contribution in [0.15, 0.2) is 46.9 Å². The van der Waals surface area contributed by atoms with Gasteiger partial charge in [-0.15, -0.1) is 0 Å². The van der Waals surface area contributed by atoms with Crippen molar-refractivity contribution in [2.24, 2.45) is 0 Å². The Bertz CT molecular complexity index is 711. The third kappa shape index (κ3) is 4.16. The van der Waals surface area contributed by atoms with E-state index >= 15 is 0 Å². The summed E-state index contributed by atoms with van der Waals surface area (Å²) in [5.41, 5.74) is 1.62. The molecule has 0 aliphatic rings. The van der Waals surface area contributed by atoms with Crippen molar-refractivity contribution in [1.82, 2.24) is 0 Å². The Balaban J connectivity index is 2.34. The molecular formula is C16H12BrFO3. The molecule has 0 fully saturated rings. The average Bonchev–Trinajstić information content (AvgIpc) is 2.43. The molecule has 0 aromatic heterocycles. The van der Waals surface area contributed by atoms with Crippen molar-refractivity contribution >= 4 is 28.0 Å². The van der Waals surface area contributed by atoms with Crippen LogP contribution in [0.4, 0.5) is 4.39 Å². The van der Waals surface area contributed by atoms with Crippen molar-refractivity contribution in [2.45, 2.75) is 6.92 Å². The van der Waals surface area contributed by atoms with Gasteiger partial charge in [-0.25, -0.2) is 9.18 Å². The summed E-state index contributed by atoms with van der Waals surface area (Å²) in [4.78, 5) is 10.6. The van der Waals surface area contributed by atoms with Crippen molar-refractivity contribution in [3.05, 3.63) is 63.9 Å². The number of rotatable bonds is 4. The Morgan fingerprint density at radius 2 is 2.05 bits per heavy atom. The number of ether oxygens (including phenoxy) is 1. The van der Waals surface area contributed by atoms with Crippen LogP contribution in [0.25, 0.3) is 6.08 Å². The zero-order chi connectivity index (χ0) is 15.4. The van der Waals surface area contributed by atoms with Crippen LogP contribution in [0.3, 0.4) is 0 Å². The maximum Gasteiger partial charge on any atom is 0.328 e. The predicted octanol–water partition coefficient (Wildman–Crippen LogP) is 4.79. The fourth-order valence-electron chi connectivity index (χ4n) is 1.72. The number of aliphatic carboxylic acids is 1. The number of carboxylic acids is 1. The summed E-state index contributed by atoms with van der Waals surface area (Å²) in [7, 11) is 0. The van der Waals surface area contributed by atoms with Gasteiger partial charge in [-0.1, -0.05) is 11.6 Å². The second-order valence-electron chi connectivity index (χ2n) is 4.39. The van der Waals surface area contributed by atoms with E-state index in [0.29, 0.717) is 21.5 Å². The van der Waals surface area contributed by atoms with Crippen molar-refractivity contribution in [3.63, 3.8) is 0 Å². The lowest BCUT2D eigenvalue weighted by atomic mass is 10.1. The number of carboxylic acid groups (broad SMARTS) is 1. The summed E-state index contributed by atoms with van der Waals surface area (Å²) < 4.78 is 19.2. The molecule has 0 atom stereocenters. The fraction of sp³-hybridized carbons (Fsp3) is 0.0625. The minimum Gasteiger partial charge on any atom is -0.478 e. The van der Waals surface area contributed by atoms with Gasteiger partial charge in [-0.05, 0) is 59.3 Å². The van der Waals surface area contributed by atoms with E-state index in [9.17, 15) is 9.18 Å². The first-order valence-corrected chi connectivity index (χ1v) is 6.89. The Kier molecular flexibility index (Phi) is 4.75. The highest BCUT2D eigenvalue weighted by Crippen LogP contribution is 2.30. The highest BCUT2D eigenvalue weighted by Gasteiger charge is 2.06. The van der Waals surface area contributed by atoms with Crippen LogP contribution >= 0.6 is 15.9 Å². The molecule has 2 aromatic carbocycles. The van der Waals surface area contributed by atoms with Crippen LogP contribution in [0.1, 0.15) is 11.1 Å². The van der Waals surface area contributed by atoms with Crippen LogP contribution in [0.5, 0.6) is 11.5 Å². The molecule has 0 saturated heterocycles. The lowest BCUT2D eigenvalue weighted by Crippen LogP contribution is -1.91. The summed E-state index contributed by atoms with van der Waals surface area (Å²) >= 11 is 3.09. The largest absolute Gasteiger partial charge is 0.478 e. The smallest absolute Gasteiger partial charge is 0.328 e. The van der Waals surface area contributed by atoms with Gasteiger partial charge in [0.15, 0.2) is 0 Å². The van der Waals surface area contributed by atoms with E-state index in [2.05, 4.69) is 15.9 Å². The number of hydrogen-bond donors (Lipinski definition) is 1. The van der Waals surface area contributed by atoms with Gasteiger partial charge in [0, 0.05) is 11.6 Å². The van der Waals surface area contributed by atoms with Gasteiger partial charge in [-0.3, -0.25) is 0 Å². The molecular weight excluding hydrogens is 339 g/mol. The minimum atomic E-state index is -1.04. The molecule has 0 spiro atoms. The molecule has 0 bridgehead atoms. The first-order chi connectivity index (χ1) is 9.95. The Morgan fingerprint density at radius 1 is 1.29 bits per heavy atom. The number of hydrogen-bond acceptors (Lipinski definition) is 2. The Morgan fingerprint density at radius 3 is 2.71 bits per heavy atom. The second-order valence-corrected chi connectivity index (χ2v) is 5.25. The van der Waals surface area contributed by atoms with E-state index in [4.69, 9.17) is 9.84 Å². The molecule has 0 aliphatic carbocycles. The molecule has 2 rings (SSSR count). The molecule has 0 radical (unpaired) electrons. The van der Waals surface area contributed by atoms with E-state index in [-0.39, 0.29) is 5.82 Å². The van der Waals surface area contributed by atoms with E-state index < -0.39 is 5.97 Å².